The Morgan fingerprint density at radius 3 is 2.52 bits per heavy atom. The van der Waals surface area contributed by atoms with E-state index in [0.717, 1.165) is 11.1 Å². The lowest BCUT2D eigenvalue weighted by Crippen LogP contribution is -2.23. The third-order valence-corrected chi connectivity index (χ3v) is 5.07. The number of fused-ring (bicyclic) bond motifs is 1. The second kappa shape index (κ2) is 5.68. The Hall–Kier alpha value is -2.38. The number of nitrogens with zero attached hydrogens (tertiary/aromatic N) is 1. The monoisotopic (exact) mass is 332 g/mol. The van der Waals surface area contributed by atoms with Gasteiger partial charge in [-0.1, -0.05) is 23.8 Å². The van der Waals surface area contributed by atoms with E-state index in [9.17, 15) is 13.2 Å². The van der Waals surface area contributed by atoms with Crippen molar-refractivity contribution in [2.75, 3.05) is 0 Å². The Morgan fingerprint density at radius 1 is 1.13 bits per heavy atom. The molecule has 1 N–H and O–H groups in total. The largest absolute Gasteiger partial charge is 0.419 e. The fourth-order valence-electron chi connectivity index (χ4n) is 2.26. The molecule has 6 nitrogen and oxygen atoms in total. The molecular weight excluding hydrogens is 316 g/mol. The maximum absolute atomic E-state index is 12.3. The van der Waals surface area contributed by atoms with Gasteiger partial charge in [-0.2, -0.15) is 0 Å². The number of oxazole rings is 1. The van der Waals surface area contributed by atoms with Crippen LogP contribution in [0.15, 0.2) is 56.6 Å². The van der Waals surface area contributed by atoms with Gasteiger partial charge in [0.2, 0.25) is 10.0 Å². The summed E-state index contributed by atoms with van der Waals surface area (Å²) in [6.45, 7) is 2.03. The second-order valence-corrected chi connectivity index (χ2v) is 7.13. The van der Waals surface area contributed by atoms with Crippen molar-refractivity contribution in [1.29, 1.82) is 0 Å². The van der Waals surface area contributed by atoms with Crippen molar-refractivity contribution in [3.05, 3.63) is 64.1 Å². The second-order valence-electron chi connectivity index (χ2n) is 5.37. The van der Waals surface area contributed by atoms with Crippen molar-refractivity contribution in [3.8, 4) is 0 Å². The van der Waals surface area contributed by atoms with Crippen LogP contribution in [0, 0.1) is 6.92 Å². The number of hydrogen-bond donors (Lipinski definition) is 1. The molecule has 0 radical (unpaired) electrons. The molecule has 0 aliphatic heterocycles. The summed E-state index contributed by atoms with van der Waals surface area (Å²) in [5, 5.41) is 0. The van der Waals surface area contributed by atoms with E-state index in [0.29, 0.717) is 11.1 Å². The predicted octanol–water partition coefficient (Wildman–Crippen LogP) is 1.92. The molecule has 0 amide bonds. The number of nitrogens with one attached hydrogen (secondary N) is 1. The maximum Gasteiger partial charge on any atom is 0.419 e. The van der Waals surface area contributed by atoms with Gasteiger partial charge in [0, 0.05) is 13.6 Å². The van der Waals surface area contributed by atoms with Gasteiger partial charge >= 0.3 is 5.76 Å². The van der Waals surface area contributed by atoms with Crippen molar-refractivity contribution >= 4 is 21.1 Å². The van der Waals surface area contributed by atoms with Gasteiger partial charge in [-0.3, -0.25) is 4.57 Å². The summed E-state index contributed by atoms with van der Waals surface area (Å²) in [4.78, 5) is 11.7. The van der Waals surface area contributed by atoms with Crippen molar-refractivity contribution < 1.29 is 12.8 Å². The van der Waals surface area contributed by atoms with Crippen LogP contribution in [-0.2, 0) is 23.6 Å². The van der Waals surface area contributed by atoms with Crippen LogP contribution < -0.4 is 10.5 Å². The Bertz CT molecular complexity index is 1010. The minimum absolute atomic E-state index is 0.130. The third-order valence-electron chi connectivity index (χ3n) is 3.65. The average Bonchev–Trinajstić information content (AvgIpc) is 2.81. The summed E-state index contributed by atoms with van der Waals surface area (Å²) in [7, 11) is -1.97. The van der Waals surface area contributed by atoms with Gasteiger partial charge < -0.3 is 4.42 Å². The van der Waals surface area contributed by atoms with Gasteiger partial charge in [0.25, 0.3) is 0 Å². The molecule has 1 aromatic heterocycles. The number of benzene rings is 2. The van der Waals surface area contributed by atoms with Gasteiger partial charge in [-0.05, 0) is 36.8 Å². The number of hydrogen-bond acceptors (Lipinski definition) is 4. The van der Waals surface area contributed by atoms with Crippen molar-refractivity contribution in [3.63, 3.8) is 0 Å². The lowest BCUT2D eigenvalue weighted by Gasteiger charge is -2.07. The molecule has 0 unspecified atom stereocenters. The van der Waals surface area contributed by atoms with Gasteiger partial charge in [-0.25, -0.2) is 17.9 Å². The molecule has 0 saturated carbocycles. The molecule has 2 aromatic carbocycles. The Kier molecular flexibility index (Phi) is 3.83. The summed E-state index contributed by atoms with van der Waals surface area (Å²) in [6, 6.07) is 11.8. The van der Waals surface area contributed by atoms with E-state index in [-0.39, 0.29) is 11.4 Å². The smallest absolute Gasteiger partial charge is 0.408 e. The first kappa shape index (κ1) is 15.5. The molecule has 0 saturated heterocycles. The number of aromatic nitrogens is 1. The molecule has 120 valence electrons. The van der Waals surface area contributed by atoms with Gasteiger partial charge in [0.05, 0.1) is 10.4 Å². The van der Waals surface area contributed by atoms with Crippen LogP contribution in [0.25, 0.3) is 11.1 Å². The van der Waals surface area contributed by atoms with E-state index in [1.165, 1.54) is 4.57 Å². The molecule has 0 bridgehead atoms. The fourth-order valence-corrected chi connectivity index (χ4v) is 3.28. The van der Waals surface area contributed by atoms with Crippen LogP contribution >= 0.6 is 0 Å². The van der Waals surface area contributed by atoms with Gasteiger partial charge in [0.15, 0.2) is 5.58 Å². The highest BCUT2D eigenvalue weighted by molar-refractivity contribution is 7.89. The molecule has 3 rings (SSSR count). The maximum atomic E-state index is 12.3. The Morgan fingerprint density at radius 2 is 1.83 bits per heavy atom. The van der Waals surface area contributed by atoms with E-state index < -0.39 is 15.8 Å². The van der Waals surface area contributed by atoms with E-state index >= 15 is 0 Å². The third kappa shape index (κ3) is 3.06. The van der Waals surface area contributed by atoms with E-state index in [1.54, 1.807) is 49.5 Å². The topological polar surface area (TPSA) is 81.3 Å². The summed E-state index contributed by atoms with van der Waals surface area (Å²) in [5.74, 6) is -0.447. The molecule has 0 spiro atoms. The minimum atomic E-state index is -3.58. The van der Waals surface area contributed by atoms with Crippen molar-refractivity contribution in [1.82, 2.24) is 9.29 Å². The van der Waals surface area contributed by atoms with Crippen molar-refractivity contribution in [2.45, 2.75) is 18.4 Å². The van der Waals surface area contributed by atoms with Crippen LogP contribution in [-0.4, -0.2) is 13.0 Å². The first-order chi connectivity index (χ1) is 10.9. The van der Waals surface area contributed by atoms with E-state index in [4.69, 9.17) is 4.42 Å². The Labute approximate surface area is 133 Å². The fraction of sp³-hybridized carbons (Fsp3) is 0.188. The molecule has 0 aliphatic rings. The molecule has 3 aromatic rings. The average molecular weight is 332 g/mol. The van der Waals surface area contributed by atoms with Crippen LogP contribution in [0.3, 0.4) is 0 Å². The normalized spacial score (nSPS) is 11.9. The van der Waals surface area contributed by atoms with Gasteiger partial charge in [-0.15, -0.1) is 0 Å². The molecule has 23 heavy (non-hydrogen) atoms. The van der Waals surface area contributed by atoms with Crippen LogP contribution in [0.1, 0.15) is 11.1 Å². The SMILES string of the molecule is Cc1ccc(S(=O)(=O)NCc2ccc3oc(=O)n(C)c3c2)cc1. The zero-order valence-corrected chi connectivity index (χ0v) is 13.6. The molecule has 1 heterocycles. The zero-order chi connectivity index (χ0) is 16.6. The quantitative estimate of drug-likeness (QED) is 0.791. The number of sulfonamides is 1. The molecule has 0 aliphatic carbocycles. The first-order valence-electron chi connectivity index (χ1n) is 7.01. The van der Waals surface area contributed by atoms with Crippen LogP contribution in [0.5, 0.6) is 0 Å². The van der Waals surface area contributed by atoms with E-state index in [1.807, 2.05) is 6.92 Å². The highest BCUT2D eigenvalue weighted by Gasteiger charge is 2.14. The standard InChI is InChI=1S/C16H16N2O4S/c1-11-3-6-13(7-4-11)23(20,21)17-10-12-5-8-15-14(9-12)18(2)16(19)22-15/h3-9,17H,10H2,1-2H3. The van der Waals surface area contributed by atoms with Crippen LogP contribution in [0.2, 0.25) is 0 Å². The first-order valence-corrected chi connectivity index (χ1v) is 8.50. The van der Waals surface area contributed by atoms with Gasteiger partial charge in [0.1, 0.15) is 0 Å². The predicted molar refractivity (Wildman–Crippen MR) is 86.7 cm³/mol. The molecular formula is C16H16N2O4S. The number of aryl methyl sites for hydroxylation is 2. The minimum Gasteiger partial charge on any atom is -0.408 e. The summed E-state index contributed by atoms with van der Waals surface area (Å²) in [5.41, 5.74) is 2.84. The highest BCUT2D eigenvalue weighted by atomic mass is 32.2. The zero-order valence-electron chi connectivity index (χ0n) is 12.7. The highest BCUT2D eigenvalue weighted by Crippen LogP contribution is 2.15. The van der Waals surface area contributed by atoms with Crippen LogP contribution in [0.4, 0.5) is 0 Å². The molecule has 0 fully saturated rings. The summed E-state index contributed by atoms with van der Waals surface area (Å²) in [6.07, 6.45) is 0. The summed E-state index contributed by atoms with van der Waals surface area (Å²) < 4.78 is 33.5. The lowest BCUT2D eigenvalue weighted by atomic mass is 10.2. The summed E-state index contributed by atoms with van der Waals surface area (Å²) >= 11 is 0. The number of rotatable bonds is 4. The molecule has 7 heteroatoms. The Balaban J connectivity index is 1.83. The lowest BCUT2D eigenvalue weighted by molar-refractivity contribution is 0.528. The van der Waals surface area contributed by atoms with Crippen molar-refractivity contribution in [2.24, 2.45) is 7.05 Å². The van der Waals surface area contributed by atoms with E-state index in [2.05, 4.69) is 4.72 Å². The molecule has 0 atom stereocenters.